The lowest BCUT2D eigenvalue weighted by molar-refractivity contribution is -0.139. The Bertz CT molecular complexity index is 783. The number of Topliss-reactive ketones (excluding diaryl/α,β-unsaturated/α-hetero) is 2. The fourth-order valence-electron chi connectivity index (χ4n) is 3.09. The SMILES string of the molecule is O=C(O)COc1cccc2c1C(=O)C(C1CCC(=O)NC1=O)C2=O. The number of ketones is 2. The van der Waals surface area contributed by atoms with Crippen molar-refractivity contribution in [3.63, 3.8) is 0 Å². The summed E-state index contributed by atoms with van der Waals surface area (Å²) < 4.78 is 5.08. The summed E-state index contributed by atoms with van der Waals surface area (Å²) in [7, 11) is 0. The molecule has 0 radical (unpaired) electrons. The molecule has 2 N–H and O–H groups in total. The second kappa shape index (κ2) is 5.88. The molecule has 0 bridgehead atoms. The maximum Gasteiger partial charge on any atom is 0.341 e. The number of hydrogen-bond acceptors (Lipinski definition) is 6. The molecule has 0 spiro atoms. The molecule has 3 rings (SSSR count). The maximum absolute atomic E-state index is 12.7. The monoisotopic (exact) mass is 331 g/mol. The third-order valence-corrected chi connectivity index (χ3v) is 4.14. The van der Waals surface area contributed by atoms with Crippen LogP contribution in [0.3, 0.4) is 0 Å². The van der Waals surface area contributed by atoms with E-state index in [-0.39, 0.29) is 29.7 Å². The van der Waals surface area contributed by atoms with Crippen LogP contribution in [-0.4, -0.2) is 41.1 Å². The Labute approximate surface area is 135 Å². The van der Waals surface area contributed by atoms with Crippen LogP contribution >= 0.6 is 0 Å². The van der Waals surface area contributed by atoms with Crippen LogP contribution in [-0.2, 0) is 14.4 Å². The molecule has 2 atom stereocenters. The molecule has 8 nitrogen and oxygen atoms in total. The summed E-state index contributed by atoms with van der Waals surface area (Å²) in [6.07, 6.45) is 0.179. The Morgan fingerprint density at radius 3 is 2.62 bits per heavy atom. The molecule has 2 aliphatic rings. The summed E-state index contributed by atoms with van der Waals surface area (Å²) in [4.78, 5) is 59.1. The standard InChI is InChI=1S/C16H13NO7/c18-10-5-4-8(16(23)17-10)13-14(21)7-2-1-3-9(12(7)15(13)22)24-6-11(19)20/h1-3,8,13H,4-6H2,(H,19,20)(H,17,18,23). The summed E-state index contributed by atoms with van der Waals surface area (Å²) >= 11 is 0. The van der Waals surface area contributed by atoms with Crippen molar-refractivity contribution in [1.29, 1.82) is 0 Å². The van der Waals surface area contributed by atoms with Crippen molar-refractivity contribution in [1.82, 2.24) is 5.32 Å². The first-order valence-corrected chi connectivity index (χ1v) is 7.30. The molecule has 2 amide bonds. The van der Waals surface area contributed by atoms with Crippen LogP contribution in [0.2, 0.25) is 0 Å². The van der Waals surface area contributed by atoms with E-state index in [1.54, 1.807) is 0 Å². The topological polar surface area (TPSA) is 127 Å². The molecule has 1 aliphatic carbocycles. The molecule has 1 heterocycles. The number of carbonyl (C=O) groups excluding carboxylic acids is 4. The van der Waals surface area contributed by atoms with E-state index in [9.17, 15) is 24.0 Å². The van der Waals surface area contributed by atoms with Gasteiger partial charge in [-0.3, -0.25) is 24.5 Å². The van der Waals surface area contributed by atoms with E-state index >= 15 is 0 Å². The number of benzene rings is 1. The number of fused-ring (bicyclic) bond motifs is 1. The van der Waals surface area contributed by atoms with E-state index in [0.717, 1.165) is 0 Å². The van der Waals surface area contributed by atoms with Gasteiger partial charge in [-0.1, -0.05) is 12.1 Å². The average molecular weight is 331 g/mol. The highest BCUT2D eigenvalue weighted by atomic mass is 16.5. The van der Waals surface area contributed by atoms with Crippen LogP contribution in [0.5, 0.6) is 5.75 Å². The second-order valence-corrected chi connectivity index (χ2v) is 5.62. The number of rotatable bonds is 4. The van der Waals surface area contributed by atoms with Crippen molar-refractivity contribution in [2.24, 2.45) is 11.8 Å². The van der Waals surface area contributed by atoms with Crippen LogP contribution in [0.15, 0.2) is 18.2 Å². The molecular weight excluding hydrogens is 318 g/mol. The van der Waals surface area contributed by atoms with Gasteiger partial charge in [-0.2, -0.15) is 0 Å². The smallest absolute Gasteiger partial charge is 0.341 e. The summed E-state index contributed by atoms with van der Waals surface area (Å²) in [6.45, 7) is -0.652. The largest absolute Gasteiger partial charge is 0.481 e. The van der Waals surface area contributed by atoms with E-state index in [2.05, 4.69) is 5.32 Å². The Morgan fingerprint density at radius 1 is 1.21 bits per heavy atom. The van der Waals surface area contributed by atoms with E-state index in [1.807, 2.05) is 0 Å². The summed E-state index contributed by atoms with van der Waals surface area (Å²) in [5.74, 6) is -5.49. The highest BCUT2D eigenvalue weighted by Gasteiger charge is 2.48. The molecule has 1 aliphatic heterocycles. The Balaban J connectivity index is 1.94. The Kier molecular flexibility index (Phi) is 3.88. The van der Waals surface area contributed by atoms with Gasteiger partial charge in [-0.15, -0.1) is 0 Å². The lowest BCUT2D eigenvalue weighted by Gasteiger charge is -2.24. The maximum atomic E-state index is 12.7. The first-order valence-electron chi connectivity index (χ1n) is 7.30. The van der Waals surface area contributed by atoms with Gasteiger partial charge < -0.3 is 9.84 Å². The molecule has 0 aromatic heterocycles. The number of carboxylic acids is 1. The summed E-state index contributed by atoms with van der Waals surface area (Å²) in [5, 5.41) is 10.8. The van der Waals surface area contributed by atoms with Gasteiger partial charge in [0.05, 0.1) is 17.4 Å². The number of hydrogen-bond donors (Lipinski definition) is 2. The first kappa shape index (κ1) is 15.9. The predicted octanol–water partition coefficient (Wildman–Crippen LogP) is 0.198. The molecule has 0 saturated carbocycles. The normalized spacial score (nSPS) is 23.0. The molecule has 8 heteroatoms. The fraction of sp³-hybridized carbons (Fsp3) is 0.312. The van der Waals surface area contributed by atoms with E-state index in [0.29, 0.717) is 0 Å². The minimum Gasteiger partial charge on any atom is -0.481 e. The number of imide groups is 1. The van der Waals surface area contributed by atoms with Crippen molar-refractivity contribution in [3.05, 3.63) is 29.3 Å². The molecule has 124 valence electrons. The summed E-state index contributed by atoms with van der Waals surface area (Å²) in [6, 6.07) is 4.32. The van der Waals surface area contributed by atoms with Crippen molar-refractivity contribution in [3.8, 4) is 5.75 Å². The number of amides is 2. The van der Waals surface area contributed by atoms with Crippen LogP contribution < -0.4 is 10.1 Å². The molecule has 2 unspecified atom stereocenters. The van der Waals surface area contributed by atoms with Gasteiger partial charge in [-0.05, 0) is 12.5 Å². The molecule has 24 heavy (non-hydrogen) atoms. The lowest BCUT2D eigenvalue weighted by atomic mass is 9.82. The Morgan fingerprint density at radius 2 is 1.96 bits per heavy atom. The van der Waals surface area contributed by atoms with Crippen LogP contribution in [0, 0.1) is 11.8 Å². The van der Waals surface area contributed by atoms with Gasteiger partial charge in [0.1, 0.15) is 5.75 Å². The lowest BCUT2D eigenvalue weighted by Crippen LogP contribution is -2.46. The van der Waals surface area contributed by atoms with Crippen molar-refractivity contribution >= 4 is 29.4 Å². The molecule has 1 saturated heterocycles. The van der Waals surface area contributed by atoms with E-state index < -0.39 is 47.8 Å². The van der Waals surface area contributed by atoms with Gasteiger partial charge >= 0.3 is 5.97 Å². The fourth-order valence-corrected chi connectivity index (χ4v) is 3.09. The van der Waals surface area contributed by atoms with E-state index in [4.69, 9.17) is 9.84 Å². The zero-order valence-corrected chi connectivity index (χ0v) is 12.4. The van der Waals surface area contributed by atoms with Gasteiger partial charge in [0.2, 0.25) is 11.8 Å². The average Bonchev–Trinajstić information content (AvgIpc) is 2.78. The summed E-state index contributed by atoms with van der Waals surface area (Å²) in [5.41, 5.74) is 0.107. The minimum absolute atomic E-state index is 0.00144. The highest BCUT2D eigenvalue weighted by Crippen LogP contribution is 2.39. The zero-order valence-electron chi connectivity index (χ0n) is 12.4. The second-order valence-electron chi connectivity index (χ2n) is 5.62. The van der Waals surface area contributed by atoms with Gasteiger partial charge in [-0.25, -0.2) is 4.79 Å². The molecule has 1 fully saturated rings. The minimum atomic E-state index is -1.22. The van der Waals surface area contributed by atoms with Crippen LogP contribution in [0.25, 0.3) is 0 Å². The predicted molar refractivity (Wildman–Crippen MR) is 77.6 cm³/mol. The third-order valence-electron chi connectivity index (χ3n) is 4.14. The first-order chi connectivity index (χ1) is 11.4. The van der Waals surface area contributed by atoms with Crippen LogP contribution in [0.4, 0.5) is 0 Å². The van der Waals surface area contributed by atoms with Crippen molar-refractivity contribution in [2.45, 2.75) is 12.8 Å². The van der Waals surface area contributed by atoms with Gasteiger partial charge in [0.15, 0.2) is 18.2 Å². The quantitative estimate of drug-likeness (QED) is 0.596. The third kappa shape index (κ3) is 2.55. The van der Waals surface area contributed by atoms with Gasteiger partial charge in [0.25, 0.3) is 0 Å². The molecule has 1 aromatic rings. The number of piperidine rings is 1. The van der Waals surface area contributed by atoms with E-state index in [1.165, 1.54) is 18.2 Å². The van der Waals surface area contributed by atoms with Crippen LogP contribution in [0.1, 0.15) is 33.6 Å². The molecular formula is C16H13NO7. The molecule has 1 aromatic carbocycles. The van der Waals surface area contributed by atoms with Gasteiger partial charge in [0, 0.05) is 12.0 Å². The van der Waals surface area contributed by atoms with Crippen molar-refractivity contribution < 1.29 is 33.8 Å². The number of nitrogens with one attached hydrogen (secondary N) is 1. The zero-order chi connectivity index (χ0) is 17.4. The number of ether oxygens (including phenoxy) is 1. The van der Waals surface area contributed by atoms with Crippen molar-refractivity contribution in [2.75, 3.05) is 6.61 Å². The highest BCUT2D eigenvalue weighted by molar-refractivity contribution is 6.29. The number of carboxylic acid groups (broad SMARTS) is 1. The number of aliphatic carboxylic acids is 1. The Hall–Kier alpha value is -3.03. The number of carbonyl (C=O) groups is 5.